The molecule has 5 aliphatic carbocycles. The first-order chi connectivity index (χ1) is 8.20. The SMILES string of the molecule is C[C@@H]1CCC2C3C4CC(C5CCC54)C3C[C@@]21C. The highest BCUT2D eigenvalue weighted by molar-refractivity contribution is 5.17. The molecule has 0 spiro atoms. The van der Waals surface area contributed by atoms with Crippen molar-refractivity contribution in [3.05, 3.63) is 0 Å². The van der Waals surface area contributed by atoms with E-state index in [4.69, 9.17) is 0 Å². The highest BCUT2D eigenvalue weighted by Crippen LogP contribution is 2.75. The molecule has 0 nitrogen and oxygen atoms in total. The molecule has 0 heterocycles. The van der Waals surface area contributed by atoms with Gasteiger partial charge in [0.25, 0.3) is 0 Å². The van der Waals surface area contributed by atoms with Crippen molar-refractivity contribution in [2.45, 2.75) is 52.4 Å². The standard InChI is InChI=1S/C17H26/c1-9-3-6-15-16-13-7-12(10-4-5-11(10)13)14(16)8-17(9,15)2/h9-16H,3-8H2,1-2H3/t9-,10?,11?,12?,13?,14?,15?,16?,17-/m1/s1. The fraction of sp³-hybridized carbons (Fsp3) is 1.00. The van der Waals surface area contributed by atoms with Crippen LogP contribution in [0.2, 0.25) is 0 Å². The van der Waals surface area contributed by atoms with E-state index in [1.54, 1.807) is 32.1 Å². The summed E-state index contributed by atoms with van der Waals surface area (Å²) in [6.07, 6.45) is 9.61. The van der Waals surface area contributed by atoms with Crippen molar-refractivity contribution in [1.29, 1.82) is 0 Å². The van der Waals surface area contributed by atoms with E-state index in [1.807, 2.05) is 0 Å². The van der Waals surface area contributed by atoms with Crippen molar-refractivity contribution in [1.82, 2.24) is 0 Å². The molecule has 0 radical (unpaired) electrons. The maximum Gasteiger partial charge on any atom is -0.0266 e. The molecular weight excluding hydrogens is 204 g/mol. The van der Waals surface area contributed by atoms with Gasteiger partial charge in [-0.25, -0.2) is 0 Å². The van der Waals surface area contributed by atoms with Crippen LogP contribution in [0.5, 0.6) is 0 Å². The molecule has 5 saturated carbocycles. The average molecular weight is 230 g/mol. The topological polar surface area (TPSA) is 0 Å². The number of hydrogen-bond donors (Lipinski definition) is 0. The maximum absolute atomic E-state index is 2.66. The molecule has 0 saturated heterocycles. The first-order valence-corrected chi connectivity index (χ1v) is 8.20. The lowest BCUT2D eigenvalue weighted by Gasteiger charge is -2.46. The van der Waals surface area contributed by atoms with E-state index in [2.05, 4.69) is 13.8 Å². The third-order valence-corrected chi connectivity index (χ3v) is 8.59. The summed E-state index contributed by atoms with van der Waals surface area (Å²) in [7, 11) is 0. The van der Waals surface area contributed by atoms with E-state index in [-0.39, 0.29) is 0 Å². The van der Waals surface area contributed by atoms with Gasteiger partial charge >= 0.3 is 0 Å². The van der Waals surface area contributed by atoms with Crippen LogP contribution < -0.4 is 0 Å². The smallest absolute Gasteiger partial charge is 0.0266 e. The molecule has 0 amide bonds. The Labute approximate surface area is 106 Å². The predicted octanol–water partition coefficient (Wildman–Crippen LogP) is 4.35. The maximum atomic E-state index is 2.66. The molecule has 5 aliphatic rings. The molecule has 9 atom stereocenters. The Balaban J connectivity index is 1.56. The van der Waals surface area contributed by atoms with Gasteiger partial charge in [-0.05, 0) is 91.3 Å². The minimum atomic E-state index is 0.760. The van der Waals surface area contributed by atoms with Gasteiger partial charge in [-0.1, -0.05) is 13.8 Å². The zero-order valence-corrected chi connectivity index (χ0v) is 11.4. The first-order valence-electron chi connectivity index (χ1n) is 8.20. The van der Waals surface area contributed by atoms with Gasteiger partial charge in [-0.3, -0.25) is 0 Å². The summed E-state index contributed by atoms with van der Waals surface area (Å²) in [6.45, 7) is 5.21. The highest BCUT2D eigenvalue weighted by Gasteiger charge is 2.69. The zero-order chi connectivity index (χ0) is 11.4. The van der Waals surface area contributed by atoms with Gasteiger partial charge in [0, 0.05) is 0 Å². The Bertz CT molecular complexity index is 372. The third kappa shape index (κ3) is 0.901. The van der Waals surface area contributed by atoms with Gasteiger partial charge in [0.2, 0.25) is 0 Å². The third-order valence-electron chi connectivity index (χ3n) is 8.59. The van der Waals surface area contributed by atoms with E-state index >= 15 is 0 Å². The van der Waals surface area contributed by atoms with E-state index in [9.17, 15) is 0 Å². The van der Waals surface area contributed by atoms with Gasteiger partial charge in [-0.15, -0.1) is 0 Å². The zero-order valence-electron chi connectivity index (χ0n) is 11.4. The van der Waals surface area contributed by atoms with Gasteiger partial charge in [-0.2, -0.15) is 0 Å². The van der Waals surface area contributed by atoms with Crippen LogP contribution in [-0.2, 0) is 0 Å². The van der Waals surface area contributed by atoms with Gasteiger partial charge in [0.15, 0.2) is 0 Å². The molecule has 5 fully saturated rings. The Morgan fingerprint density at radius 2 is 1.59 bits per heavy atom. The van der Waals surface area contributed by atoms with Crippen molar-refractivity contribution >= 4 is 0 Å². The van der Waals surface area contributed by atoms with Crippen molar-refractivity contribution in [2.75, 3.05) is 0 Å². The fourth-order valence-corrected chi connectivity index (χ4v) is 7.65. The molecule has 2 bridgehead atoms. The first kappa shape index (κ1) is 9.87. The minimum absolute atomic E-state index is 0.760. The van der Waals surface area contributed by atoms with Gasteiger partial charge in [0.05, 0.1) is 0 Å². The van der Waals surface area contributed by atoms with Crippen LogP contribution in [0.1, 0.15) is 52.4 Å². The lowest BCUT2D eigenvalue weighted by atomic mass is 9.59. The summed E-state index contributed by atoms with van der Waals surface area (Å²) >= 11 is 0. The van der Waals surface area contributed by atoms with Crippen LogP contribution in [0, 0.1) is 52.8 Å². The van der Waals surface area contributed by atoms with Crippen molar-refractivity contribution in [3.63, 3.8) is 0 Å². The van der Waals surface area contributed by atoms with Gasteiger partial charge < -0.3 is 0 Å². The second-order valence-corrected chi connectivity index (χ2v) is 8.50. The van der Waals surface area contributed by atoms with Crippen molar-refractivity contribution in [3.8, 4) is 0 Å². The second-order valence-electron chi connectivity index (χ2n) is 8.50. The van der Waals surface area contributed by atoms with E-state index in [1.165, 1.54) is 41.9 Å². The predicted molar refractivity (Wildman–Crippen MR) is 69.4 cm³/mol. The molecule has 0 N–H and O–H groups in total. The molecule has 17 heavy (non-hydrogen) atoms. The largest absolute Gasteiger partial charge is 0.0620 e. The molecule has 0 aromatic carbocycles. The Kier molecular flexibility index (Phi) is 1.61. The van der Waals surface area contributed by atoms with Gasteiger partial charge in [0.1, 0.15) is 0 Å². The average Bonchev–Trinajstić information content (AvgIpc) is 2.85. The van der Waals surface area contributed by atoms with Crippen molar-refractivity contribution < 1.29 is 0 Å². The van der Waals surface area contributed by atoms with Crippen LogP contribution in [0.25, 0.3) is 0 Å². The summed E-state index contributed by atoms with van der Waals surface area (Å²) < 4.78 is 0. The summed E-state index contributed by atoms with van der Waals surface area (Å²) in [6, 6.07) is 0. The molecular formula is C17H26. The molecule has 0 heteroatoms. The molecule has 94 valence electrons. The molecule has 0 aliphatic heterocycles. The molecule has 7 unspecified atom stereocenters. The van der Waals surface area contributed by atoms with Crippen LogP contribution in [0.4, 0.5) is 0 Å². The summed E-state index contributed by atoms with van der Waals surface area (Å²) in [5.74, 6) is 9.34. The second kappa shape index (κ2) is 2.78. The summed E-state index contributed by atoms with van der Waals surface area (Å²) in [4.78, 5) is 0. The summed E-state index contributed by atoms with van der Waals surface area (Å²) in [5.41, 5.74) is 0.760. The highest BCUT2D eigenvalue weighted by atomic mass is 14.7. The quantitative estimate of drug-likeness (QED) is 0.580. The van der Waals surface area contributed by atoms with Crippen LogP contribution in [0.3, 0.4) is 0 Å². The number of fused-ring (bicyclic) bond motifs is 10. The Hall–Kier alpha value is 0. The minimum Gasteiger partial charge on any atom is -0.0620 e. The van der Waals surface area contributed by atoms with Crippen LogP contribution in [0.15, 0.2) is 0 Å². The normalized spacial score (nSPS) is 70.9. The van der Waals surface area contributed by atoms with E-state index < -0.39 is 0 Å². The summed E-state index contributed by atoms with van der Waals surface area (Å²) in [5, 5.41) is 0. The molecule has 0 aromatic rings. The fourth-order valence-electron chi connectivity index (χ4n) is 7.65. The Morgan fingerprint density at radius 1 is 0.824 bits per heavy atom. The number of hydrogen-bond acceptors (Lipinski definition) is 0. The van der Waals surface area contributed by atoms with E-state index in [0.717, 1.165) is 17.3 Å². The lowest BCUT2D eigenvalue weighted by molar-refractivity contribution is 0.0205. The molecule has 5 rings (SSSR count). The lowest BCUT2D eigenvalue weighted by Crippen LogP contribution is -2.40. The Morgan fingerprint density at radius 3 is 2.35 bits per heavy atom. The monoisotopic (exact) mass is 230 g/mol. The van der Waals surface area contributed by atoms with E-state index in [0.29, 0.717) is 0 Å². The number of rotatable bonds is 0. The van der Waals surface area contributed by atoms with Crippen molar-refractivity contribution in [2.24, 2.45) is 52.8 Å². The molecule has 0 aromatic heterocycles. The van der Waals surface area contributed by atoms with Crippen LogP contribution >= 0.6 is 0 Å². The van der Waals surface area contributed by atoms with Crippen LogP contribution in [-0.4, -0.2) is 0 Å².